The Labute approximate surface area is 272 Å². The lowest BCUT2D eigenvalue weighted by atomic mass is 10.0. The summed E-state index contributed by atoms with van der Waals surface area (Å²) in [4.78, 5) is 26.3. The molecule has 47 heavy (non-hydrogen) atoms. The van der Waals surface area contributed by atoms with Crippen molar-refractivity contribution < 1.29 is 19.4 Å². The Hall–Kier alpha value is -5.52. The highest BCUT2D eigenvalue weighted by Gasteiger charge is 2.18. The van der Waals surface area contributed by atoms with Crippen LogP contribution in [0.25, 0.3) is 44.3 Å². The van der Waals surface area contributed by atoms with Gasteiger partial charge in [-0.15, -0.1) is 0 Å². The largest absolute Gasteiger partial charge is 0.493 e. The molecule has 0 unspecified atom stereocenters. The molecule has 238 valence electrons. The summed E-state index contributed by atoms with van der Waals surface area (Å²) in [6, 6.07) is 27.5. The molecule has 1 aliphatic heterocycles. The third-order valence-electron chi connectivity index (χ3n) is 8.48. The summed E-state index contributed by atoms with van der Waals surface area (Å²) in [6.07, 6.45) is 0.392. The van der Waals surface area contributed by atoms with Gasteiger partial charge in [0.2, 0.25) is 0 Å². The molecule has 0 amide bonds. The van der Waals surface area contributed by atoms with Gasteiger partial charge in [0.15, 0.2) is 17.3 Å². The Bertz CT molecular complexity index is 2060. The number of nitrogens with one attached hydrogen (secondary N) is 1. The maximum atomic E-state index is 11.6. The maximum absolute atomic E-state index is 11.6. The maximum Gasteiger partial charge on any atom is 0.432 e. The lowest BCUT2D eigenvalue weighted by molar-refractivity contribution is 0.133. The molecule has 1 fully saturated rings. The van der Waals surface area contributed by atoms with Crippen molar-refractivity contribution in [3.05, 3.63) is 91.1 Å². The first kappa shape index (κ1) is 30.2. The van der Waals surface area contributed by atoms with Crippen molar-refractivity contribution in [1.29, 1.82) is 0 Å². The zero-order chi connectivity index (χ0) is 32.3. The summed E-state index contributed by atoms with van der Waals surface area (Å²) in [5.74, 6) is 2.32. The van der Waals surface area contributed by atoms with Crippen LogP contribution < -0.4 is 14.8 Å². The van der Waals surface area contributed by atoms with Crippen LogP contribution in [0, 0.1) is 0 Å². The normalized spacial score (nSPS) is 14.0. The number of carboxylic acid groups (broad SMARTS) is 1. The second-order valence-corrected chi connectivity index (χ2v) is 11.6. The minimum Gasteiger partial charge on any atom is -0.493 e. The molecule has 2 N–H and O–H groups in total. The Morgan fingerprint density at radius 2 is 1.66 bits per heavy atom. The van der Waals surface area contributed by atoms with Crippen LogP contribution in [0.1, 0.15) is 0 Å². The lowest BCUT2D eigenvalue weighted by Gasteiger charge is -2.32. The molecular formula is C36H35N7O4. The molecule has 1 saturated heterocycles. The average molecular weight is 630 g/mol. The number of methoxy groups -OCH3 is 1. The monoisotopic (exact) mass is 629 g/mol. The van der Waals surface area contributed by atoms with Gasteiger partial charge in [0.05, 0.1) is 24.3 Å². The zero-order valence-electron chi connectivity index (χ0n) is 26.3. The smallest absolute Gasteiger partial charge is 0.432 e. The fourth-order valence-electron chi connectivity index (χ4n) is 5.86. The first-order chi connectivity index (χ1) is 22.9. The summed E-state index contributed by atoms with van der Waals surface area (Å²) in [7, 11) is 3.78. The van der Waals surface area contributed by atoms with Crippen LogP contribution in [0.2, 0.25) is 0 Å². The van der Waals surface area contributed by atoms with E-state index in [-0.39, 0.29) is 0 Å². The summed E-state index contributed by atoms with van der Waals surface area (Å²) in [6.45, 7) is 5.46. The molecule has 0 radical (unpaired) electrons. The molecule has 7 rings (SSSR count). The number of hydrogen-bond acceptors (Lipinski definition) is 9. The van der Waals surface area contributed by atoms with E-state index in [0.29, 0.717) is 46.2 Å². The second kappa shape index (κ2) is 13.1. The number of likely N-dealkylation sites (N-methyl/N-ethyl adjacent to an activating group) is 1. The van der Waals surface area contributed by atoms with Crippen LogP contribution in [0.3, 0.4) is 0 Å². The first-order valence-corrected chi connectivity index (χ1v) is 15.5. The van der Waals surface area contributed by atoms with Gasteiger partial charge >= 0.3 is 6.09 Å². The van der Waals surface area contributed by atoms with Gasteiger partial charge in [-0.05, 0) is 48.5 Å². The van der Waals surface area contributed by atoms with Gasteiger partial charge < -0.3 is 24.8 Å². The summed E-state index contributed by atoms with van der Waals surface area (Å²) in [5.41, 5.74) is 4.92. The van der Waals surface area contributed by atoms with Gasteiger partial charge in [0.25, 0.3) is 0 Å². The minimum absolute atomic E-state index is 0.495. The minimum atomic E-state index is -1.14. The third kappa shape index (κ3) is 6.44. The molecule has 6 aromatic rings. The molecule has 0 aliphatic carbocycles. The van der Waals surface area contributed by atoms with E-state index in [1.54, 1.807) is 13.2 Å². The molecule has 0 bridgehead atoms. The lowest BCUT2D eigenvalue weighted by Crippen LogP contribution is -2.45. The van der Waals surface area contributed by atoms with Crippen molar-refractivity contribution in [1.82, 2.24) is 29.5 Å². The molecule has 0 atom stereocenters. The molecule has 3 heterocycles. The van der Waals surface area contributed by atoms with E-state index in [0.717, 1.165) is 65.2 Å². The van der Waals surface area contributed by atoms with Crippen molar-refractivity contribution >= 4 is 39.4 Å². The van der Waals surface area contributed by atoms with Crippen LogP contribution in [-0.4, -0.2) is 94.2 Å². The number of benzene rings is 4. The molecule has 0 spiro atoms. The van der Waals surface area contributed by atoms with E-state index in [4.69, 9.17) is 19.4 Å². The number of carbonyl (C=O) groups is 1. The number of nitrogens with zero attached hydrogens (tertiary/aromatic N) is 6. The van der Waals surface area contributed by atoms with E-state index in [9.17, 15) is 9.90 Å². The highest BCUT2D eigenvalue weighted by molar-refractivity contribution is 5.96. The summed E-state index contributed by atoms with van der Waals surface area (Å²) < 4.78 is 13.0. The molecule has 2 aromatic heterocycles. The SMILES string of the molecule is COc1cc2nc(-c3cccc(-c4ccccc4)c3)nc(Nc3ccc4c(cnn4C(=O)O)c3)c2cc1OCCN1CCN(C)CC1. The number of ether oxygens (including phenoxy) is 2. The average Bonchev–Trinajstić information content (AvgIpc) is 3.53. The zero-order valence-corrected chi connectivity index (χ0v) is 26.3. The highest BCUT2D eigenvalue weighted by Crippen LogP contribution is 2.37. The number of piperazine rings is 1. The highest BCUT2D eigenvalue weighted by atomic mass is 16.5. The molecule has 1 aliphatic rings. The Morgan fingerprint density at radius 3 is 2.45 bits per heavy atom. The van der Waals surface area contributed by atoms with Gasteiger partial charge in [0.1, 0.15) is 12.4 Å². The van der Waals surface area contributed by atoms with Crippen LogP contribution in [0.15, 0.2) is 91.1 Å². The van der Waals surface area contributed by atoms with E-state index >= 15 is 0 Å². The van der Waals surface area contributed by atoms with Crippen LogP contribution in [0.5, 0.6) is 11.5 Å². The number of anilines is 2. The topological polar surface area (TPSA) is 118 Å². The van der Waals surface area contributed by atoms with Crippen LogP contribution >= 0.6 is 0 Å². The van der Waals surface area contributed by atoms with Crippen molar-refractivity contribution in [2.45, 2.75) is 0 Å². The van der Waals surface area contributed by atoms with Crippen molar-refractivity contribution in [3.8, 4) is 34.0 Å². The molecule has 11 heteroatoms. The fourth-order valence-corrected chi connectivity index (χ4v) is 5.86. The summed E-state index contributed by atoms with van der Waals surface area (Å²) >= 11 is 0. The van der Waals surface area contributed by atoms with Gasteiger partial charge in [0, 0.05) is 60.8 Å². The van der Waals surface area contributed by atoms with E-state index < -0.39 is 6.09 Å². The van der Waals surface area contributed by atoms with Crippen molar-refractivity contribution in [3.63, 3.8) is 0 Å². The Morgan fingerprint density at radius 1 is 0.872 bits per heavy atom. The van der Waals surface area contributed by atoms with Crippen molar-refractivity contribution in [2.75, 3.05) is 58.8 Å². The molecule has 11 nitrogen and oxygen atoms in total. The quantitative estimate of drug-likeness (QED) is 0.191. The number of hydrogen-bond donors (Lipinski definition) is 2. The van der Waals surface area contributed by atoms with Gasteiger partial charge in [-0.25, -0.2) is 14.8 Å². The van der Waals surface area contributed by atoms with E-state index in [1.807, 2.05) is 54.6 Å². The first-order valence-electron chi connectivity index (χ1n) is 15.5. The number of rotatable bonds is 9. The number of fused-ring (bicyclic) bond motifs is 2. The van der Waals surface area contributed by atoms with Gasteiger partial charge in [-0.3, -0.25) is 4.90 Å². The van der Waals surface area contributed by atoms with Gasteiger partial charge in [-0.2, -0.15) is 9.78 Å². The van der Waals surface area contributed by atoms with E-state index in [2.05, 4.69) is 51.5 Å². The number of aromatic nitrogens is 4. The van der Waals surface area contributed by atoms with Crippen LogP contribution in [0.4, 0.5) is 16.3 Å². The van der Waals surface area contributed by atoms with Crippen LogP contribution in [-0.2, 0) is 0 Å². The third-order valence-corrected chi connectivity index (χ3v) is 8.48. The molecule has 4 aromatic carbocycles. The molecule has 0 saturated carbocycles. The Kier molecular flexibility index (Phi) is 8.38. The van der Waals surface area contributed by atoms with Crippen molar-refractivity contribution in [2.24, 2.45) is 0 Å². The predicted molar refractivity (Wildman–Crippen MR) is 183 cm³/mol. The summed E-state index contributed by atoms with van der Waals surface area (Å²) in [5, 5.41) is 18.4. The predicted octanol–water partition coefficient (Wildman–Crippen LogP) is 6.22. The standard InChI is InChI=1S/C36H35N7O4/c1-41-13-15-42(16-14-41)17-18-47-33-21-29-30(22-32(33)46-2)39-34(26-10-6-9-25(19-26)24-7-4-3-5-8-24)40-35(29)38-28-11-12-31-27(20-28)23-37-43(31)36(44)45/h3-12,19-23H,13-18H2,1-2H3,(H,44,45)(H,38,39,40). The second-order valence-electron chi connectivity index (χ2n) is 11.6. The van der Waals surface area contributed by atoms with E-state index in [1.165, 1.54) is 6.20 Å². The molecular weight excluding hydrogens is 594 g/mol. The fraction of sp³-hybridized carbons (Fsp3) is 0.222. The Balaban J connectivity index is 1.27. The van der Waals surface area contributed by atoms with Gasteiger partial charge in [-0.1, -0.05) is 48.5 Å².